The summed E-state index contributed by atoms with van der Waals surface area (Å²) in [6, 6.07) is 5.15. The predicted octanol–water partition coefficient (Wildman–Crippen LogP) is 2.07. The summed E-state index contributed by atoms with van der Waals surface area (Å²) < 4.78 is 14.8. The molecule has 0 saturated heterocycles. The van der Waals surface area contributed by atoms with E-state index in [1.807, 2.05) is 6.08 Å². The molecule has 0 aromatic heterocycles. The fourth-order valence-corrected chi connectivity index (χ4v) is 1.44. The van der Waals surface area contributed by atoms with Gasteiger partial charge in [-0.15, -0.1) is 0 Å². The van der Waals surface area contributed by atoms with Crippen molar-refractivity contribution >= 4 is 11.8 Å². The van der Waals surface area contributed by atoms with E-state index in [1.165, 1.54) is 24.3 Å². The molecule has 7 nitrogen and oxygen atoms in total. The van der Waals surface area contributed by atoms with Gasteiger partial charge in [-0.1, -0.05) is 6.08 Å². The molecule has 0 fully saturated rings. The van der Waals surface area contributed by atoms with E-state index in [0.29, 0.717) is 13.2 Å². The minimum atomic E-state index is -0.860. The molecule has 0 bridgehead atoms. The van der Waals surface area contributed by atoms with Crippen LogP contribution in [-0.2, 0) is 9.47 Å². The number of carbonyl (C=O) groups excluding carboxylic acids is 1. The van der Waals surface area contributed by atoms with Crippen molar-refractivity contribution in [1.29, 1.82) is 0 Å². The molecule has 1 heterocycles. The number of ether oxygens (including phenoxy) is 3. The molecule has 0 amide bonds. The number of hydrogen-bond donors (Lipinski definition) is 0. The van der Waals surface area contributed by atoms with Crippen molar-refractivity contribution in [2.24, 2.45) is 0 Å². The van der Waals surface area contributed by atoms with E-state index >= 15 is 0 Å². The molecule has 1 aromatic carbocycles. The Bertz CT molecular complexity index is 507. The van der Waals surface area contributed by atoms with Crippen molar-refractivity contribution in [3.8, 4) is 5.75 Å². The third-order valence-electron chi connectivity index (χ3n) is 2.40. The molecule has 2 rings (SSSR count). The number of benzene rings is 1. The molecule has 1 aliphatic heterocycles. The van der Waals surface area contributed by atoms with Gasteiger partial charge < -0.3 is 14.2 Å². The average molecular weight is 265 g/mol. The van der Waals surface area contributed by atoms with E-state index in [2.05, 4.69) is 0 Å². The molecular formula is C12H11NO6. The molecular weight excluding hydrogens is 254 g/mol. The molecule has 0 spiro atoms. The molecule has 100 valence electrons. The fourth-order valence-electron chi connectivity index (χ4n) is 1.44. The lowest BCUT2D eigenvalue weighted by atomic mass is 10.3. The van der Waals surface area contributed by atoms with Crippen molar-refractivity contribution in [2.45, 2.75) is 0 Å². The molecule has 0 N–H and O–H groups in total. The maximum Gasteiger partial charge on any atom is 0.514 e. The van der Waals surface area contributed by atoms with Gasteiger partial charge in [0, 0.05) is 12.1 Å². The highest BCUT2D eigenvalue weighted by Gasteiger charge is 2.11. The molecule has 1 aromatic rings. The average Bonchev–Trinajstić information content (AvgIpc) is 2.90. The van der Waals surface area contributed by atoms with E-state index in [9.17, 15) is 14.9 Å². The van der Waals surface area contributed by atoms with Crippen LogP contribution in [0.1, 0.15) is 0 Å². The van der Waals surface area contributed by atoms with Crippen molar-refractivity contribution in [2.75, 3.05) is 19.8 Å². The SMILES string of the molecule is O=C(OCC1=CCOC1)Oc1ccc([N+](=O)[O-])cc1. The van der Waals surface area contributed by atoms with Gasteiger partial charge in [-0.2, -0.15) is 0 Å². The monoisotopic (exact) mass is 265 g/mol. The third-order valence-corrected chi connectivity index (χ3v) is 2.40. The van der Waals surface area contributed by atoms with Crippen molar-refractivity contribution in [3.63, 3.8) is 0 Å². The largest absolute Gasteiger partial charge is 0.514 e. The molecule has 7 heteroatoms. The maximum atomic E-state index is 11.3. The van der Waals surface area contributed by atoms with E-state index < -0.39 is 11.1 Å². The quantitative estimate of drug-likeness (QED) is 0.272. The van der Waals surface area contributed by atoms with Gasteiger partial charge in [0.05, 0.1) is 18.1 Å². The van der Waals surface area contributed by atoms with Gasteiger partial charge in [0.2, 0.25) is 0 Å². The molecule has 19 heavy (non-hydrogen) atoms. The lowest BCUT2D eigenvalue weighted by Crippen LogP contribution is -2.13. The standard InChI is InChI=1S/C12H11NO6/c14-12(18-8-9-5-6-17-7-9)19-11-3-1-10(2-4-11)13(15)16/h1-5H,6-8H2. The number of hydrogen-bond acceptors (Lipinski definition) is 6. The van der Waals surface area contributed by atoms with Gasteiger partial charge >= 0.3 is 6.16 Å². The summed E-state index contributed by atoms with van der Waals surface area (Å²) in [4.78, 5) is 21.2. The van der Waals surface area contributed by atoms with Crippen LogP contribution in [0.3, 0.4) is 0 Å². The van der Waals surface area contributed by atoms with Crippen LogP contribution in [0.4, 0.5) is 10.5 Å². The third kappa shape index (κ3) is 3.78. The molecule has 0 saturated carbocycles. The number of nitro groups is 1. The van der Waals surface area contributed by atoms with Gasteiger partial charge in [0.25, 0.3) is 5.69 Å². The Morgan fingerprint density at radius 3 is 2.68 bits per heavy atom. The van der Waals surface area contributed by atoms with Crippen LogP contribution in [0, 0.1) is 10.1 Å². The molecule has 0 unspecified atom stereocenters. The van der Waals surface area contributed by atoms with Crippen LogP contribution in [0.15, 0.2) is 35.9 Å². The zero-order chi connectivity index (χ0) is 13.7. The van der Waals surface area contributed by atoms with Gasteiger partial charge in [-0.05, 0) is 17.7 Å². The Morgan fingerprint density at radius 1 is 1.37 bits per heavy atom. The van der Waals surface area contributed by atoms with Gasteiger partial charge in [-0.25, -0.2) is 4.79 Å². The Morgan fingerprint density at radius 2 is 2.11 bits per heavy atom. The van der Waals surface area contributed by atoms with E-state index in [1.54, 1.807) is 0 Å². The van der Waals surface area contributed by atoms with Crippen molar-refractivity contribution in [3.05, 3.63) is 46.0 Å². The van der Waals surface area contributed by atoms with Crippen LogP contribution in [0.5, 0.6) is 5.75 Å². The highest BCUT2D eigenvalue weighted by Crippen LogP contribution is 2.17. The second-order valence-corrected chi connectivity index (χ2v) is 3.77. The molecule has 0 aliphatic carbocycles. The van der Waals surface area contributed by atoms with Crippen molar-refractivity contribution in [1.82, 2.24) is 0 Å². The van der Waals surface area contributed by atoms with Crippen LogP contribution < -0.4 is 4.74 Å². The second-order valence-electron chi connectivity index (χ2n) is 3.77. The van der Waals surface area contributed by atoms with Crippen molar-refractivity contribution < 1.29 is 23.9 Å². The zero-order valence-corrected chi connectivity index (χ0v) is 9.90. The summed E-state index contributed by atoms with van der Waals surface area (Å²) in [5.41, 5.74) is 0.801. The first-order valence-electron chi connectivity index (χ1n) is 5.50. The molecule has 0 radical (unpaired) electrons. The number of carbonyl (C=O) groups is 1. The normalized spacial score (nSPS) is 13.8. The smallest absolute Gasteiger partial charge is 0.429 e. The Balaban J connectivity index is 1.82. The second kappa shape index (κ2) is 5.96. The van der Waals surface area contributed by atoms with E-state index in [0.717, 1.165) is 5.57 Å². The summed E-state index contributed by atoms with van der Waals surface area (Å²) in [6.07, 6.45) is 0.973. The Hall–Kier alpha value is -2.41. The number of nitrogens with zero attached hydrogens (tertiary/aromatic N) is 1. The lowest BCUT2D eigenvalue weighted by Gasteiger charge is -2.05. The summed E-state index contributed by atoms with van der Waals surface area (Å²) in [7, 11) is 0. The Kier molecular flexibility index (Phi) is 4.09. The van der Waals surface area contributed by atoms with E-state index in [4.69, 9.17) is 14.2 Å². The Labute approximate surface area is 108 Å². The first kappa shape index (κ1) is 13.0. The van der Waals surface area contributed by atoms with Crippen LogP contribution >= 0.6 is 0 Å². The van der Waals surface area contributed by atoms with Crippen LogP contribution in [0.25, 0.3) is 0 Å². The zero-order valence-electron chi connectivity index (χ0n) is 9.90. The van der Waals surface area contributed by atoms with Gasteiger partial charge in [0.15, 0.2) is 0 Å². The summed E-state index contributed by atoms with van der Waals surface area (Å²) in [5.74, 6) is 0.187. The van der Waals surface area contributed by atoms with Crippen LogP contribution in [0.2, 0.25) is 0 Å². The first-order valence-corrected chi connectivity index (χ1v) is 5.50. The minimum Gasteiger partial charge on any atom is -0.429 e. The maximum absolute atomic E-state index is 11.3. The number of rotatable bonds is 4. The predicted molar refractivity (Wildman–Crippen MR) is 64.0 cm³/mol. The highest BCUT2D eigenvalue weighted by molar-refractivity contribution is 5.64. The van der Waals surface area contributed by atoms with E-state index in [-0.39, 0.29) is 18.0 Å². The first-order chi connectivity index (χ1) is 9.15. The summed E-state index contributed by atoms with van der Waals surface area (Å²) >= 11 is 0. The minimum absolute atomic E-state index is 0.0750. The molecule has 1 aliphatic rings. The highest BCUT2D eigenvalue weighted by atomic mass is 16.7. The lowest BCUT2D eigenvalue weighted by molar-refractivity contribution is -0.384. The number of nitro benzene ring substituents is 1. The van der Waals surface area contributed by atoms with Gasteiger partial charge in [-0.3, -0.25) is 10.1 Å². The fraction of sp³-hybridized carbons (Fsp3) is 0.250. The molecule has 0 atom stereocenters. The van der Waals surface area contributed by atoms with Gasteiger partial charge in [0.1, 0.15) is 12.4 Å². The van der Waals surface area contributed by atoms with Crippen LogP contribution in [-0.4, -0.2) is 30.9 Å². The number of non-ortho nitro benzene ring substituents is 1. The topological polar surface area (TPSA) is 87.9 Å². The summed E-state index contributed by atoms with van der Waals surface area (Å²) in [5, 5.41) is 10.4. The summed E-state index contributed by atoms with van der Waals surface area (Å²) in [6.45, 7) is 1.09.